The fourth-order valence-electron chi connectivity index (χ4n) is 1.66. The largest absolute Gasteiger partial charge is 0.416 e. The van der Waals surface area contributed by atoms with Gasteiger partial charge in [-0.1, -0.05) is 11.3 Å². The SMILES string of the molecule is CC(C)(O)c1cnnn1-c1cccc(C(F)(F)F)c1. The zero-order valence-corrected chi connectivity index (χ0v) is 10.3. The molecule has 0 amide bonds. The van der Waals surface area contributed by atoms with Crippen LogP contribution in [0.1, 0.15) is 25.1 Å². The highest BCUT2D eigenvalue weighted by atomic mass is 19.4. The van der Waals surface area contributed by atoms with Crippen LogP contribution in [0, 0.1) is 0 Å². The molecule has 2 aromatic rings. The van der Waals surface area contributed by atoms with E-state index in [4.69, 9.17) is 0 Å². The Bertz CT molecular complexity index is 584. The average molecular weight is 271 g/mol. The van der Waals surface area contributed by atoms with Crippen molar-refractivity contribution in [2.45, 2.75) is 25.6 Å². The predicted molar refractivity (Wildman–Crippen MR) is 61.6 cm³/mol. The van der Waals surface area contributed by atoms with Gasteiger partial charge >= 0.3 is 6.18 Å². The Morgan fingerprint density at radius 3 is 2.47 bits per heavy atom. The summed E-state index contributed by atoms with van der Waals surface area (Å²) >= 11 is 0. The number of rotatable bonds is 2. The molecule has 102 valence electrons. The molecule has 0 aliphatic rings. The zero-order valence-electron chi connectivity index (χ0n) is 10.3. The lowest BCUT2D eigenvalue weighted by molar-refractivity contribution is -0.137. The lowest BCUT2D eigenvalue weighted by Crippen LogP contribution is -2.21. The Balaban J connectivity index is 2.52. The minimum absolute atomic E-state index is 0.199. The summed E-state index contributed by atoms with van der Waals surface area (Å²) in [5.41, 5.74) is -1.52. The molecular weight excluding hydrogens is 259 g/mol. The summed E-state index contributed by atoms with van der Waals surface area (Å²) in [6.07, 6.45) is -3.11. The van der Waals surface area contributed by atoms with Gasteiger partial charge < -0.3 is 5.11 Å². The molecule has 0 unspecified atom stereocenters. The molecule has 2 rings (SSSR count). The molecular formula is C12H12F3N3O. The summed E-state index contributed by atoms with van der Waals surface area (Å²) in [7, 11) is 0. The molecule has 1 N–H and O–H groups in total. The van der Waals surface area contributed by atoms with Crippen molar-refractivity contribution < 1.29 is 18.3 Å². The molecule has 0 bridgehead atoms. The number of halogens is 3. The van der Waals surface area contributed by atoms with Crippen LogP contribution in [-0.4, -0.2) is 20.1 Å². The van der Waals surface area contributed by atoms with E-state index in [9.17, 15) is 18.3 Å². The normalized spacial score (nSPS) is 12.7. The van der Waals surface area contributed by atoms with Gasteiger partial charge in [0, 0.05) is 0 Å². The minimum Gasteiger partial charge on any atom is -0.384 e. The van der Waals surface area contributed by atoms with Crippen LogP contribution in [-0.2, 0) is 11.8 Å². The van der Waals surface area contributed by atoms with Gasteiger partial charge in [0.1, 0.15) is 5.60 Å². The van der Waals surface area contributed by atoms with Crippen molar-refractivity contribution in [3.63, 3.8) is 0 Å². The molecule has 1 aromatic heterocycles. The number of nitrogens with zero attached hydrogens (tertiary/aromatic N) is 3. The first-order valence-electron chi connectivity index (χ1n) is 5.51. The Kier molecular flexibility index (Phi) is 3.09. The number of alkyl halides is 3. The number of hydrogen-bond donors (Lipinski definition) is 1. The molecule has 0 radical (unpaired) electrons. The van der Waals surface area contributed by atoms with Crippen molar-refractivity contribution in [2.75, 3.05) is 0 Å². The van der Waals surface area contributed by atoms with E-state index in [1.165, 1.54) is 36.9 Å². The molecule has 4 nitrogen and oxygen atoms in total. The van der Waals surface area contributed by atoms with Gasteiger partial charge in [-0.2, -0.15) is 13.2 Å². The van der Waals surface area contributed by atoms with Gasteiger partial charge in [0.2, 0.25) is 0 Å². The second kappa shape index (κ2) is 4.34. The monoisotopic (exact) mass is 271 g/mol. The summed E-state index contributed by atoms with van der Waals surface area (Å²) in [6, 6.07) is 4.70. The molecule has 0 spiro atoms. The summed E-state index contributed by atoms with van der Waals surface area (Å²) in [6.45, 7) is 3.02. The van der Waals surface area contributed by atoms with Gasteiger partial charge in [0.25, 0.3) is 0 Å². The first-order chi connectivity index (χ1) is 8.69. The maximum absolute atomic E-state index is 12.6. The van der Waals surface area contributed by atoms with Gasteiger partial charge in [-0.25, -0.2) is 4.68 Å². The second-order valence-electron chi connectivity index (χ2n) is 4.64. The van der Waals surface area contributed by atoms with E-state index in [2.05, 4.69) is 10.3 Å². The lowest BCUT2D eigenvalue weighted by Gasteiger charge is -2.18. The van der Waals surface area contributed by atoms with Gasteiger partial charge in [-0.15, -0.1) is 5.10 Å². The van der Waals surface area contributed by atoms with Crippen LogP contribution in [0.2, 0.25) is 0 Å². The van der Waals surface area contributed by atoms with E-state index in [1.807, 2.05) is 0 Å². The summed E-state index contributed by atoms with van der Waals surface area (Å²) in [5, 5.41) is 17.3. The van der Waals surface area contributed by atoms with Crippen molar-refractivity contribution in [2.24, 2.45) is 0 Å². The van der Waals surface area contributed by atoms with Crippen molar-refractivity contribution in [3.8, 4) is 5.69 Å². The fourth-order valence-corrected chi connectivity index (χ4v) is 1.66. The number of benzene rings is 1. The highest BCUT2D eigenvalue weighted by molar-refractivity contribution is 5.38. The summed E-state index contributed by atoms with van der Waals surface area (Å²) < 4.78 is 39.1. The maximum atomic E-state index is 12.6. The zero-order chi connectivity index (χ0) is 14.3. The van der Waals surface area contributed by atoms with Crippen LogP contribution in [0.15, 0.2) is 30.5 Å². The summed E-state index contributed by atoms with van der Waals surface area (Å²) in [5.74, 6) is 0. The molecule has 0 atom stereocenters. The van der Waals surface area contributed by atoms with Crippen molar-refractivity contribution >= 4 is 0 Å². The van der Waals surface area contributed by atoms with Crippen LogP contribution in [0.5, 0.6) is 0 Å². The Labute approximate surface area is 107 Å². The number of aliphatic hydroxyl groups is 1. The van der Waals surface area contributed by atoms with Crippen LogP contribution >= 0.6 is 0 Å². The van der Waals surface area contributed by atoms with E-state index < -0.39 is 17.3 Å². The van der Waals surface area contributed by atoms with E-state index in [0.717, 1.165) is 12.1 Å². The van der Waals surface area contributed by atoms with Crippen molar-refractivity contribution in [1.82, 2.24) is 15.0 Å². The third-order valence-electron chi connectivity index (χ3n) is 2.59. The third kappa shape index (κ3) is 2.76. The second-order valence-corrected chi connectivity index (χ2v) is 4.64. The molecule has 1 aromatic carbocycles. The number of hydrogen-bond acceptors (Lipinski definition) is 3. The van der Waals surface area contributed by atoms with Crippen LogP contribution in [0.25, 0.3) is 5.69 Å². The van der Waals surface area contributed by atoms with E-state index in [-0.39, 0.29) is 5.69 Å². The maximum Gasteiger partial charge on any atom is 0.416 e. The summed E-state index contributed by atoms with van der Waals surface area (Å²) in [4.78, 5) is 0. The van der Waals surface area contributed by atoms with Gasteiger partial charge in [0.15, 0.2) is 0 Å². The quantitative estimate of drug-likeness (QED) is 0.913. The third-order valence-corrected chi connectivity index (χ3v) is 2.59. The van der Waals surface area contributed by atoms with Crippen LogP contribution < -0.4 is 0 Å². The average Bonchev–Trinajstić information content (AvgIpc) is 2.76. The van der Waals surface area contributed by atoms with E-state index in [0.29, 0.717) is 5.69 Å². The molecule has 1 heterocycles. The molecule has 0 aliphatic heterocycles. The Morgan fingerprint density at radius 1 is 1.21 bits per heavy atom. The van der Waals surface area contributed by atoms with Crippen LogP contribution in [0.3, 0.4) is 0 Å². The first kappa shape index (κ1) is 13.5. The molecule has 0 saturated heterocycles. The first-order valence-corrected chi connectivity index (χ1v) is 5.51. The van der Waals surface area contributed by atoms with E-state index >= 15 is 0 Å². The van der Waals surface area contributed by atoms with E-state index in [1.54, 1.807) is 0 Å². The highest BCUT2D eigenvalue weighted by Gasteiger charge is 2.31. The van der Waals surface area contributed by atoms with Gasteiger partial charge in [-0.05, 0) is 32.0 Å². The predicted octanol–water partition coefficient (Wildman–Crippen LogP) is 2.51. The van der Waals surface area contributed by atoms with Gasteiger partial charge in [-0.3, -0.25) is 0 Å². The minimum atomic E-state index is -4.43. The van der Waals surface area contributed by atoms with Crippen molar-refractivity contribution in [3.05, 3.63) is 41.7 Å². The lowest BCUT2D eigenvalue weighted by atomic mass is 10.1. The Morgan fingerprint density at radius 2 is 1.89 bits per heavy atom. The molecule has 19 heavy (non-hydrogen) atoms. The van der Waals surface area contributed by atoms with Crippen LogP contribution in [0.4, 0.5) is 13.2 Å². The smallest absolute Gasteiger partial charge is 0.384 e. The molecule has 0 aliphatic carbocycles. The van der Waals surface area contributed by atoms with Crippen molar-refractivity contribution in [1.29, 1.82) is 0 Å². The number of aromatic nitrogens is 3. The molecule has 0 saturated carbocycles. The topological polar surface area (TPSA) is 50.9 Å². The fraction of sp³-hybridized carbons (Fsp3) is 0.333. The molecule has 7 heteroatoms. The Hall–Kier alpha value is -1.89. The standard InChI is InChI=1S/C12H12F3N3O/c1-11(2,19)10-7-16-17-18(10)9-5-3-4-8(6-9)12(13,14)15/h3-7,19H,1-2H3. The van der Waals surface area contributed by atoms with Gasteiger partial charge in [0.05, 0.1) is 23.1 Å². The molecule has 0 fully saturated rings. The highest BCUT2D eigenvalue weighted by Crippen LogP contribution is 2.31.